The second-order valence-electron chi connectivity index (χ2n) is 5.81. The topological polar surface area (TPSA) is 165 Å². The molecule has 0 aliphatic carbocycles. The maximum atomic E-state index is 11.9. The molecule has 3 N–H and O–H groups in total. The molecule has 0 bridgehead atoms. The van der Waals surface area contributed by atoms with Gasteiger partial charge in [0.05, 0.1) is 6.33 Å². The van der Waals surface area contributed by atoms with Crippen LogP contribution in [0.1, 0.15) is 0 Å². The molecule has 0 atom stereocenters. The van der Waals surface area contributed by atoms with Gasteiger partial charge in [0.15, 0.2) is 16.8 Å². The fraction of sp³-hybridized carbons (Fsp3) is 0.286. The van der Waals surface area contributed by atoms with Gasteiger partial charge in [-0.05, 0) is 0 Å². The molecular formula is C14H16N8O5. The molecule has 0 radical (unpaired) electrons. The number of hydrogen-bond acceptors (Lipinski definition) is 6. The molecule has 4 aromatic heterocycles. The van der Waals surface area contributed by atoms with E-state index in [1.165, 1.54) is 48.2 Å². The summed E-state index contributed by atoms with van der Waals surface area (Å²) in [4.78, 5) is 67.5. The highest BCUT2D eigenvalue weighted by Crippen LogP contribution is 2.02. The van der Waals surface area contributed by atoms with Crippen molar-refractivity contribution in [1.29, 1.82) is 0 Å². The van der Waals surface area contributed by atoms with E-state index in [9.17, 15) is 24.0 Å². The second-order valence-corrected chi connectivity index (χ2v) is 5.81. The van der Waals surface area contributed by atoms with Gasteiger partial charge in [-0.3, -0.25) is 37.8 Å². The summed E-state index contributed by atoms with van der Waals surface area (Å²) in [5.41, 5.74) is -1.11. The maximum absolute atomic E-state index is 11.9. The van der Waals surface area contributed by atoms with Gasteiger partial charge in [-0.2, -0.15) is 0 Å². The lowest BCUT2D eigenvalue weighted by Crippen LogP contribution is -2.37. The predicted molar refractivity (Wildman–Crippen MR) is 96.0 cm³/mol. The van der Waals surface area contributed by atoms with Crippen molar-refractivity contribution in [3.8, 4) is 0 Å². The van der Waals surface area contributed by atoms with E-state index in [2.05, 4.69) is 19.9 Å². The summed E-state index contributed by atoms with van der Waals surface area (Å²) in [5, 5.41) is 0. The number of fused-ring (bicyclic) bond motifs is 2. The van der Waals surface area contributed by atoms with Crippen molar-refractivity contribution in [2.24, 2.45) is 28.2 Å². The molecule has 27 heavy (non-hydrogen) atoms. The molecule has 4 aromatic rings. The highest BCUT2D eigenvalue weighted by molar-refractivity contribution is 5.70. The van der Waals surface area contributed by atoms with Crippen LogP contribution in [0.3, 0.4) is 0 Å². The lowest BCUT2D eigenvalue weighted by Gasteiger charge is -2.04. The van der Waals surface area contributed by atoms with E-state index in [-0.39, 0.29) is 22.4 Å². The number of nitrogens with zero attached hydrogens (tertiary/aromatic N) is 5. The molecule has 0 saturated carbocycles. The lowest BCUT2D eigenvalue weighted by molar-refractivity contribution is 0.696. The number of imidazole rings is 2. The van der Waals surface area contributed by atoms with Crippen LogP contribution in [0.15, 0.2) is 30.3 Å². The van der Waals surface area contributed by atoms with Crippen molar-refractivity contribution < 1.29 is 0 Å². The number of aromatic amines is 3. The van der Waals surface area contributed by atoms with Gasteiger partial charge in [0.2, 0.25) is 0 Å². The molecule has 0 spiro atoms. The third kappa shape index (κ3) is 2.65. The Morgan fingerprint density at radius 1 is 0.815 bits per heavy atom. The molecular weight excluding hydrogens is 360 g/mol. The quantitative estimate of drug-likeness (QED) is 0.300. The first-order valence-electron chi connectivity index (χ1n) is 7.62. The normalized spacial score (nSPS) is 11.0. The number of rotatable bonds is 0. The molecule has 13 nitrogen and oxygen atoms in total. The predicted octanol–water partition coefficient (Wildman–Crippen LogP) is -2.79. The lowest BCUT2D eigenvalue weighted by atomic mass is 10.5. The Bertz CT molecular complexity index is 1470. The first kappa shape index (κ1) is 17.9. The van der Waals surface area contributed by atoms with Crippen molar-refractivity contribution in [3.05, 3.63) is 58.5 Å². The highest BCUT2D eigenvalue weighted by atomic mass is 16.2. The number of aromatic nitrogens is 8. The summed E-state index contributed by atoms with van der Waals surface area (Å²) < 4.78 is 4.81. The van der Waals surface area contributed by atoms with E-state index in [1.54, 1.807) is 0 Å². The van der Waals surface area contributed by atoms with Crippen LogP contribution in [0.25, 0.3) is 22.3 Å². The summed E-state index contributed by atoms with van der Waals surface area (Å²) in [6.07, 6.45) is 1.34. The van der Waals surface area contributed by atoms with Gasteiger partial charge < -0.3 is 4.98 Å². The van der Waals surface area contributed by atoms with Gasteiger partial charge in [-0.1, -0.05) is 0 Å². The van der Waals surface area contributed by atoms with Crippen molar-refractivity contribution in [1.82, 2.24) is 38.2 Å². The average Bonchev–Trinajstić information content (AvgIpc) is 3.17. The fourth-order valence-corrected chi connectivity index (χ4v) is 2.77. The van der Waals surface area contributed by atoms with E-state index >= 15 is 0 Å². The monoisotopic (exact) mass is 376 g/mol. The standard InChI is InChI=1S/C9H12N4O3.C5H4N4O2/c1-10-5-6(11(2)8(10)15)12(3)9(16)13(4)7(5)14;10-4-2-3(7-1-6-2)8-5(11)9-4/h1-4H3;1H,(H3,6,7,8,9,10,11). The zero-order valence-electron chi connectivity index (χ0n) is 14.9. The van der Waals surface area contributed by atoms with Gasteiger partial charge in [0.1, 0.15) is 5.52 Å². The molecule has 0 aromatic carbocycles. The van der Waals surface area contributed by atoms with Crippen LogP contribution in [-0.2, 0) is 28.2 Å². The van der Waals surface area contributed by atoms with Crippen molar-refractivity contribution in [3.63, 3.8) is 0 Å². The number of nitrogens with one attached hydrogen (secondary N) is 3. The minimum Gasteiger partial charge on any atom is -0.339 e. The fourth-order valence-electron chi connectivity index (χ4n) is 2.77. The van der Waals surface area contributed by atoms with E-state index in [1.807, 2.05) is 0 Å². The first-order chi connectivity index (χ1) is 12.6. The van der Waals surface area contributed by atoms with E-state index < -0.39 is 22.5 Å². The summed E-state index contributed by atoms with van der Waals surface area (Å²) >= 11 is 0. The number of aryl methyl sites for hydroxylation is 3. The zero-order valence-corrected chi connectivity index (χ0v) is 14.9. The van der Waals surface area contributed by atoms with E-state index in [4.69, 9.17) is 0 Å². The van der Waals surface area contributed by atoms with Crippen LogP contribution in [-0.4, -0.2) is 38.2 Å². The molecule has 4 rings (SSSR count). The van der Waals surface area contributed by atoms with Crippen LogP contribution in [0.2, 0.25) is 0 Å². The third-order valence-corrected chi connectivity index (χ3v) is 4.16. The largest absolute Gasteiger partial charge is 0.339 e. The van der Waals surface area contributed by atoms with Gasteiger partial charge in [-0.25, -0.2) is 19.4 Å². The molecule has 4 heterocycles. The molecule has 0 aliphatic rings. The SMILES string of the molecule is Cn1c(=O)c2c(n(C)c1=O)n(C)c(=O)n2C.O=c1[nH]c(=O)c2[nH]cnc2[nH]1. The Hall–Kier alpha value is -3.90. The molecule has 0 unspecified atom stereocenters. The molecule has 0 saturated heterocycles. The minimum absolute atomic E-state index is 0.233. The number of hydrogen-bond donors (Lipinski definition) is 3. The van der Waals surface area contributed by atoms with Crippen molar-refractivity contribution >= 4 is 22.3 Å². The summed E-state index contributed by atoms with van der Waals surface area (Å²) in [6.45, 7) is 0. The average molecular weight is 376 g/mol. The molecule has 0 aliphatic heterocycles. The Balaban J connectivity index is 0.000000166. The maximum Gasteiger partial charge on any atom is 0.332 e. The molecule has 0 fully saturated rings. The molecule has 13 heteroatoms. The van der Waals surface area contributed by atoms with Crippen molar-refractivity contribution in [2.75, 3.05) is 0 Å². The van der Waals surface area contributed by atoms with Gasteiger partial charge in [-0.15, -0.1) is 0 Å². The van der Waals surface area contributed by atoms with Crippen LogP contribution >= 0.6 is 0 Å². The van der Waals surface area contributed by atoms with Gasteiger partial charge in [0.25, 0.3) is 11.1 Å². The van der Waals surface area contributed by atoms with Crippen molar-refractivity contribution in [2.45, 2.75) is 0 Å². The zero-order chi connectivity index (χ0) is 20.0. The Kier molecular flexibility index (Phi) is 4.06. The smallest absolute Gasteiger partial charge is 0.332 e. The Morgan fingerprint density at radius 3 is 2.04 bits per heavy atom. The minimum atomic E-state index is -0.547. The third-order valence-electron chi connectivity index (χ3n) is 4.16. The van der Waals surface area contributed by atoms with E-state index in [0.29, 0.717) is 5.65 Å². The summed E-state index contributed by atoms with van der Waals surface area (Å²) in [6, 6.07) is 0. The summed E-state index contributed by atoms with van der Waals surface area (Å²) in [5.74, 6) is 0. The van der Waals surface area contributed by atoms with Gasteiger partial charge in [0, 0.05) is 28.2 Å². The van der Waals surface area contributed by atoms with Crippen LogP contribution < -0.4 is 28.2 Å². The van der Waals surface area contributed by atoms with Gasteiger partial charge >= 0.3 is 17.1 Å². The van der Waals surface area contributed by atoms with Crippen LogP contribution in [0.4, 0.5) is 0 Å². The Morgan fingerprint density at radius 2 is 1.41 bits per heavy atom. The number of H-pyrrole nitrogens is 3. The molecule has 142 valence electrons. The summed E-state index contributed by atoms with van der Waals surface area (Å²) in [7, 11) is 5.96. The highest BCUT2D eigenvalue weighted by Gasteiger charge is 2.16. The molecule has 0 amide bonds. The van der Waals surface area contributed by atoms with Crippen LogP contribution in [0, 0.1) is 0 Å². The van der Waals surface area contributed by atoms with E-state index in [0.717, 1.165) is 4.57 Å². The Labute approximate surface area is 148 Å². The first-order valence-corrected chi connectivity index (χ1v) is 7.62. The van der Waals surface area contributed by atoms with Crippen LogP contribution in [0.5, 0.6) is 0 Å². The second kappa shape index (κ2) is 6.12.